The van der Waals surface area contributed by atoms with Gasteiger partial charge in [-0.05, 0) is 39.2 Å². The summed E-state index contributed by atoms with van der Waals surface area (Å²) in [6.45, 7) is 7.16. The van der Waals surface area contributed by atoms with Gasteiger partial charge in [0.1, 0.15) is 16.4 Å². The first kappa shape index (κ1) is 17.9. The van der Waals surface area contributed by atoms with Crippen LogP contribution >= 0.6 is 11.5 Å². The van der Waals surface area contributed by atoms with Gasteiger partial charge in [0.05, 0.1) is 11.9 Å². The number of esters is 1. The second-order valence-corrected chi connectivity index (χ2v) is 6.29. The largest absolute Gasteiger partial charge is 0.449 e. The number of hydrogen-bond donors (Lipinski definition) is 2. The third-order valence-corrected chi connectivity index (χ3v) is 4.31. The van der Waals surface area contributed by atoms with Crippen LogP contribution in [0.1, 0.15) is 42.9 Å². The Morgan fingerprint density at radius 2 is 2.04 bits per heavy atom. The minimum atomic E-state index is -0.947. The summed E-state index contributed by atoms with van der Waals surface area (Å²) in [6, 6.07) is 1.80. The molecule has 24 heavy (non-hydrogen) atoms. The van der Waals surface area contributed by atoms with Gasteiger partial charge >= 0.3 is 5.97 Å². The van der Waals surface area contributed by atoms with Gasteiger partial charge in [0.25, 0.3) is 5.91 Å². The maximum atomic E-state index is 12.3. The lowest BCUT2D eigenvalue weighted by atomic mass is 10.2. The Labute approximate surface area is 144 Å². The fraction of sp³-hybridized carbons (Fsp3) is 0.467. The van der Waals surface area contributed by atoms with E-state index >= 15 is 0 Å². The van der Waals surface area contributed by atoms with Gasteiger partial charge in [-0.2, -0.15) is 9.47 Å². The van der Waals surface area contributed by atoms with Crippen LogP contribution in [0.25, 0.3) is 0 Å². The topological polar surface area (TPSA) is 98.1 Å². The molecule has 0 radical (unpaired) electrons. The molecular weight excluding hydrogens is 330 g/mol. The van der Waals surface area contributed by atoms with Gasteiger partial charge in [-0.25, -0.2) is 9.48 Å². The van der Waals surface area contributed by atoms with Crippen molar-refractivity contribution >= 4 is 34.2 Å². The highest BCUT2D eigenvalue weighted by molar-refractivity contribution is 7.10. The minimum Gasteiger partial charge on any atom is -0.449 e. The first-order valence-corrected chi connectivity index (χ1v) is 8.31. The van der Waals surface area contributed by atoms with Gasteiger partial charge in [0.15, 0.2) is 6.10 Å². The van der Waals surface area contributed by atoms with Crippen LogP contribution in [-0.2, 0) is 9.53 Å². The number of hydrogen-bond acceptors (Lipinski definition) is 7. The molecule has 0 unspecified atom stereocenters. The van der Waals surface area contributed by atoms with Crippen molar-refractivity contribution in [2.75, 3.05) is 17.7 Å². The summed E-state index contributed by atoms with van der Waals surface area (Å²) < 4.78 is 11.1. The van der Waals surface area contributed by atoms with Crippen LogP contribution in [0.15, 0.2) is 12.3 Å². The van der Waals surface area contributed by atoms with E-state index in [1.54, 1.807) is 30.9 Å². The lowest BCUT2D eigenvalue weighted by Crippen LogP contribution is -2.31. The standard InChI is InChI=1S/C15H21N5O3S/c1-8(2)20-11(6-7-17-20)18-13(21)10(4)23-15(22)12-9(3)19-24-14(12)16-5/h6-8,10,16H,1-5H3,(H,18,21)/t10-/m0/s1. The van der Waals surface area contributed by atoms with E-state index in [-0.39, 0.29) is 6.04 Å². The Hall–Kier alpha value is -2.42. The van der Waals surface area contributed by atoms with Crippen molar-refractivity contribution in [2.24, 2.45) is 0 Å². The van der Waals surface area contributed by atoms with E-state index in [2.05, 4.69) is 20.1 Å². The molecule has 0 aliphatic heterocycles. The molecular formula is C15H21N5O3S. The molecule has 1 amide bonds. The Bertz CT molecular complexity index is 737. The number of amides is 1. The van der Waals surface area contributed by atoms with E-state index in [1.165, 1.54) is 18.5 Å². The van der Waals surface area contributed by atoms with Crippen LogP contribution < -0.4 is 10.6 Å². The maximum absolute atomic E-state index is 12.3. The second-order valence-electron chi connectivity index (χ2n) is 5.51. The molecule has 2 rings (SSSR count). The van der Waals surface area contributed by atoms with Crippen LogP contribution in [0.3, 0.4) is 0 Å². The average molecular weight is 351 g/mol. The summed E-state index contributed by atoms with van der Waals surface area (Å²) in [4.78, 5) is 24.6. The summed E-state index contributed by atoms with van der Waals surface area (Å²) in [5.41, 5.74) is 0.925. The van der Waals surface area contributed by atoms with Crippen LogP contribution in [0.2, 0.25) is 0 Å². The smallest absolute Gasteiger partial charge is 0.343 e. The Balaban J connectivity index is 2.05. The van der Waals surface area contributed by atoms with E-state index in [1.807, 2.05) is 13.8 Å². The zero-order valence-electron chi connectivity index (χ0n) is 14.3. The number of carbonyl (C=O) groups is 2. The SMILES string of the molecule is CNc1snc(C)c1C(=O)O[C@@H](C)C(=O)Nc1ccnn1C(C)C. The molecule has 0 saturated heterocycles. The van der Waals surface area contributed by atoms with Crippen molar-refractivity contribution < 1.29 is 14.3 Å². The number of rotatable bonds is 6. The predicted octanol–water partition coefficient (Wildman–Crippen LogP) is 2.45. The molecule has 0 bridgehead atoms. The van der Waals surface area contributed by atoms with Crippen molar-refractivity contribution in [1.82, 2.24) is 14.2 Å². The highest BCUT2D eigenvalue weighted by Gasteiger charge is 2.25. The molecule has 0 aliphatic rings. The van der Waals surface area contributed by atoms with Gasteiger partial charge in [-0.3, -0.25) is 4.79 Å². The van der Waals surface area contributed by atoms with Gasteiger partial charge in [-0.15, -0.1) is 0 Å². The molecule has 1 atom stereocenters. The van der Waals surface area contributed by atoms with Crippen LogP contribution in [0, 0.1) is 6.92 Å². The second kappa shape index (κ2) is 7.43. The first-order valence-electron chi connectivity index (χ1n) is 7.54. The molecule has 0 aromatic carbocycles. The van der Waals surface area contributed by atoms with Crippen LogP contribution in [0.5, 0.6) is 0 Å². The number of anilines is 2. The highest BCUT2D eigenvalue weighted by Crippen LogP contribution is 2.25. The third-order valence-electron chi connectivity index (χ3n) is 3.36. The number of aryl methyl sites for hydroxylation is 1. The molecule has 130 valence electrons. The summed E-state index contributed by atoms with van der Waals surface area (Å²) in [7, 11) is 1.70. The average Bonchev–Trinajstić information content (AvgIpc) is 3.13. The van der Waals surface area contributed by atoms with E-state index in [9.17, 15) is 9.59 Å². The van der Waals surface area contributed by atoms with Crippen molar-refractivity contribution in [3.63, 3.8) is 0 Å². The van der Waals surface area contributed by atoms with E-state index in [4.69, 9.17) is 4.74 Å². The zero-order valence-corrected chi connectivity index (χ0v) is 15.1. The number of ether oxygens (including phenoxy) is 1. The molecule has 0 aliphatic carbocycles. The molecule has 0 spiro atoms. The Morgan fingerprint density at radius 1 is 1.33 bits per heavy atom. The number of nitrogens with one attached hydrogen (secondary N) is 2. The fourth-order valence-corrected chi connectivity index (χ4v) is 2.84. The summed E-state index contributed by atoms with van der Waals surface area (Å²) in [5.74, 6) is -0.439. The quantitative estimate of drug-likeness (QED) is 0.776. The van der Waals surface area contributed by atoms with Gasteiger partial charge in [-0.1, -0.05) is 0 Å². The first-order chi connectivity index (χ1) is 11.3. The molecule has 2 heterocycles. The highest BCUT2D eigenvalue weighted by atomic mass is 32.1. The fourth-order valence-electron chi connectivity index (χ4n) is 2.11. The number of nitrogens with zero attached hydrogens (tertiary/aromatic N) is 3. The van der Waals surface area contributed by atoms with Gasteiger partial charge < -0.3 is 15.4 Å². The Kier molecular flexibility index (Phi) is 5.55. The van der Waals surface area contributed by atoms with E-state index in [0.29, 0.717) is 22.1 Å². The molecule has 9 heteroatoms. The van der Waals surface area contributed by atoms with Gasteiger partial charge in [0.2, 0.25) is 0 Å². The van der Waals surface area contributed by atoms with Crippen LogP contribution in [0.4, 0.5) is 10.8 Å². The van der Waals surface area contributed by atoms with E-state index < -0.39 is 18.0 Å². The minimum absolute atomic E-state index is 0.103. The molecule has 0 saturated carbocycles. The van der Waals surface area contributed by atoms with E-state index in [0.717, 1.165) is 0 Å². The lowest BCUT2D eigenvalue weighted by Gasteiger charge is -2.16. The van der Waals surface area contributed by atoms with Crippen molar-refractivity contribution in [3.8, 4) is 0 Å². The summed E-state index contributed by atoms with van der Waals surface area (Å²) >= 11 is 1.17. The lowest BCUT2D eigenvalue weighted by molar-refractivity contribution is -0.123. The molecule has 8 nitrogen and oxygen atoms in total. The molecule has 2 aromatic heterocycles. The third kappa shape index (κ3) is 3.73. The zero-order chi connectivity index (χ0) is 17.9. The molecule has 2 aromatic rings. The van der Waals surface area contributed by atoms with Crippen molar-refractivity contribution in [2.45, 2.75) is 39.8 Å². The number of aromatic nitrogens is 3. The monoisotopic (exact) mass is 351 g/mol. The van der Waals surface area contributed by atoms with Crippen molar-refractivity contribution in [1.29, 1.82) is 0 Å². The Morgan fingerprint density at radius 3 is 2.67 bits per heavy atom. The predicted molar refractivity (Wildman–Crippen MR) is 92.5 cm³/mol. The summed E-state index contributed by atoms with van der Waals surface area (Å²) in [6.07, 6.45) is 0.656. The van der Waals surface area contributed by atoms with Crippen molar-refractivity contribution in [3.05, 3.63) is 23.5 Å². The number of carbonyl (C=O) groups excluding carboxylic acids is 2. The normalized spacial score (nSPS) is 12.1. The van der Waals surface area contributed by atoms with Crippen LogP contribution in [-0.4, -0.2) is 39.2 Å². The van der Waals surface area contributed by atoms with Gasteiger partial charge in [0, 0.05) is 19.2 Å². The molecule has 0 fully saturated rings. The maximum Gasteiger partial charge on any atom is 0.343 e. The molecule has 2 N–H and O–H groups in total. The summed E-state index contributed by atoms with van der Waals surface area (Å²) in [5, 5.41) is 10.4.